The van der Waals surface area contributed by atoms with E-state index in [1.54, 1.807) is 0 Å². The molecule has 0 bridgehead atoms. The molecule has 0 aliphatic carbocycles. The number of hydrogen-bond acceptors (Lipinski definition) is 3. The highest BCUT2D eigenvalue weighted by atomic mass is 33.1. The molecular weight excluding hydrogens is 284 g/mol. The summed E-state index contributed by atoms with van der Waals surface area (Å²) in [5.74, 6) is 2.66. The van der Waals surface area contributed by atoms with Gasteiger partial charge in [-0.05, 0) is 17.2 Å². The number of ether oxygens (including phenoxy) is 1. The molecule has 1 saturated heterocycles. The normalized spacial score (nSPS) is 22.6. The lowest BCUT2D eigenvalue weighted by Crippen LogP contribution is -2.29. The highest BCUT2D eigenvalue weighted by Crippen LogP contribution is 2.39. The Kier molecular flexibility index (Phi) is 5.06. The van der Waals surface area contributed by atoms with Crippen LogP contribution in [0, 0.1) is 6.07 Å². The average molecular weight is 301 g/mol. The van der Waals surface area contributed by atoms with E-state index in [-0.39, 0.29) is 0 Å². The molecule has 1 heterocycles. The van der Waals surface area contributed by atoms with Gasteiger partial charge in [0.15, 0.2) is 0 Å². The van der Waals surface area contributed by atoms with E-state index < -0.39 is 0 Å². The van der Waals surface area contributed by atoms with Crippen LogP contribution in [-0.2, 0) is 11.3 Å². The molecule has 0 saturated carbocycles. The number of rotatable bonds is 4. The number of benzene rings is 2. The SMILES string of the molecule is [c]1ccc([C@H]2CSSC[C@@H]2OCc2ccccc2)cc1. The van der Waals surface area contributed by atoms with Crippen LogP contribution in [0.1, 0.15) is 17.0 Å². The van der Waals surface area contributed by atoms with Gasteiger partial charge in [0.2, 0.25) is 0 Å². The van der Waals surface area contributed by atoms with E-state index in [9.17, 15) is 0 Å². The van der Waals surface area contributed by atoms with Crippen molar-refractivity contribution in [3.05, 3.63) is 71.8 Å². The molecule has 1 nitrogen and oxygen atoms in total. The summed E-state index contributed by atoms with van der Waals surface area (Å²) in [6.45, 7) is 0.701. The predicted molar refractivity (Wildman–Crippen MR) is 88.0 cm³/mol. The third-order valence-corrected chi connectivity index (χ3v) is 5.93. The van der Waals surface area contributed by atoms with E-state index in [1.807, 2.05) is 39.8 Å². The Labute approximate surface area is 128 Å². The maximum atomic E-state index is 6.19. The van der Waals surface area contributed by atoms with Crippen molar-refractivity contribution >= 4 is 21.6 Å². The van der Waals surface area contributed by atoms with Crippen LogP contribution in [0.2, 0.25) is 0 Å². The van der Waals surface area contributed by atoms with E-state index in [2.05, 4.69) is 42.5 Å². The lowest BCUT2D eigenvalue weighted by molar-refractivity contribution is 0.0421. The Hall–Kier alpha value is -0.900. The van der Waals surface area contributed by atoms with Crippen LogP contribution in [0.3, 0.4) is 0 Å². The molecule has 103 valence electrons. The maximum Gasteiger partial charge on any atom is 0.0755 e. The van der Waals surface area contributed by atoms with Gasteiger partial charge in [-0.3, -0.25) is 0 Å². The average Bonchev–Trinajstić information content (AvgIpc) is 2.55. The molecule has 0 aromatic heterocycles. The maximum absolute atomic E-state index is 6.19. The van der Waals surface area contributed by atoms with Crippen molar-refractivity contribution in [3.8, 4) is 0 Å². The smallest absolute Gasteiger partial charge is 0.0755 e. The van der Waals surface area contributed by atoms with Gasteiger partial charge in [0.25, 0.3) is 0 Å². The first-order chi connectivity index (χ1) is 9.93. The molecule has 0 spiro atoms. The molecule has 0 amide bonds. The van der Waals surface area contributed by atoms with Crippen LogP contribution in [-0.4, -0.2) is 17.6 Å². The van der Waals surface area contributed by atoms with E-state index in [0.29, 0.717) is 18.6 Å². The van der Waals surface area contributed by atoms with Crippen LogP contribution >= 0.6 is 21.6 Å². The molecule has 2 aromatic carbocycles. The highest BCUT2D eigenvalue weighted by Gasteiger charge is 2.28. The Morgan fingerprint density at radius 2 is 1.75 bits per heavy atom. The predicted octanol–water partition coefficient (Wildman–Crippen LogP) is 4.55. The second-order valence-electron chi connectivity index (χ2n) is 4.84. The van der Waals surface area contributed by atoms with Crippen LogP contribution in [0.25, 0.3) is 0 Å². The Balaban J connectivity index is 1.67. The summed E-state index contributed by atoms with van der Waals surface area (Å²) in [7, 11) is 3.87. The zero-order valence-electron chi connectivity index (χ0n) is 11.2. The minimum Gasteiger partial charge on any atom is -0.372 e. The number of hydrogen-bond donors (Lipinski definition) is 0. The van der Waals surface area contributed by atoms with Gasteiger partial charge < -0.3 is 4.74 Å². The summed E-state index contributed by atoms with van der Waals surface area (Å²) >= 11 is 0. The third kappa shape index (κ3) is 3.60. The van der Waals surface area contributed by atoms with Gasteiger partial charge >= 0.3 is 0 Å². The molecule has 1 radical (unpaired) electrons. The van der Waals surface area contributed by atoms with Gasteiger partial charge in [0, 0.05) is 17.4 Å². The first-order valence-electron chi connectivity index (χ1n) is 6.79. The molecule has 1 aliphatic heterocycles. The molecule has 0 N–H and O–H groups in total. The fourth-order valence-electron chi connectivity index (χ4n) is 2.36. The van der Waals surface area contributed by atoms with Crippen molar-refractivity contribution in [1.29, 1.82) is 0 Å². The third-order valence-electron chi connectivity index (χ3n) is 3.49. The van der Waals surface area contributed by atoms with Crippen LogP contribution in [0.4, 0.5) is 0 Å². The fraction of sp³-hybridized carbons (Fsp3) is 0.294. The quantitative estimate of drug-likeness (QED) is 0.767. The Morgan fingerprint density at radius 3 is 2.55 bits per heavy atom. The van der Waals surface area contributed by atoms with Crippen molar-refractivity contribution in [2.75, 3.05) is 11.5 Å². The fourth-order valence-corrected chi connectivity index (χ4v) is 4.99. The van der Waals surface area contributed by atoms with Crippen LogP contribution in [0.5, 0.6) is 0 Å². The second kappa shape index (κ2) is 7.21. The Bertz CT molecular complexity index is 515. The second-order valence-corrected chi connectivity index (χ2v) is 7.40. The summed E-state index contributed by atoms with van der Waals surface area (Å²) in [6, 6.07) is 21.8. The van der Waals surface area contributed by atoms with Gasteiger partial charge in [-0.1, -0.05) is 76.2 Å². The standard InChI is InChI=1S/C17H17OS2/c1-3-7-14(8-4-1)11-18-17-13-20-19-12-16(17)15-9-5-2-6-10-15/h1,3-10,16-17H,11-13H2/t16-,17+/m1/s1. The molecule has 3 heteroatoms. The van der Waals surface area contributed by atoms with Gasteiger partial charge in [-0.15, -0.1) is 0 Å². The van der Waals surface area contributed by atoms with Crippen molar-refractivity contribution in [2.45, 2.75) is 18.6 Å². The lowest BCUT2D eigenvalue weighted by Gasteiger charge is -2.31. The minimum atomic E-state index is 0.295. The summed E-state index contributed by atoms with van der Waals surface area (Å²) in [5.41, 5.74) is 2.62. The summed E-state index contributed by atoms with van der Waals surface area (Å²) in [5, 5.41) is 0. The van der Waals surface area contributed by atoms with E-state index in [0.717, 1.165) is 11.5 Å². The van der Waals surface area contributed by atoms with E-state index in [4.69, 9.17) is 4.74 Å². The minimum absolute atomic E-state index is 0.295. The zero-order valence-corrected chi connectivity index (χ0v) is 12.8. The monoisotopic (exact) mass is 301 g/mol. The summed E-state index contributed by atoms with van der Waals surface area (Å²) in [6.07, 6.45) is 0.295. The first-order valence-corrected chi connectivity index (χ1v) is 9.28. The summed E-state index contributed by atoms with van der Waals surface area (Å²) < 4.78 is 6.19. The molecule has 2 atom stereocenters. The van der Waals surface area contributed by atoms with Crippen LogP contribution in [0.15, 0.2) is 54.6 Å². The van der Waals surface area contributed by atoms with Crippen molar-refractivity contribution in [3.63, 3.8) is 0 Å². The van der Waals surface area contributed by atoms with E-state index in [1.165, 1.54) is 11.1 Å². The van der Waals surface area contributed by atoms with Crippen molar-refractivity contribution in [1.82, 2.24) is 0 Å². The summed E-state index contributed by atoms with van der Waals surface area (Å²) in [4.78, 5) is 0. The van der Waals surface area contributed by atoms with Gasteiger partial charge in [0.05, 0.1) is 12.7 Å². The largest absolute Gasteiger partial charge is 0.372 e. The highest BCUT2D eigenvalue weighted by molar-refractivity contribution is 8.76. The Morgan fingerprint density at radius 1 is 1.00 bits per heavy atom. The molecule has 3 rings (SSSR count). The van der Waals surface area contributed by atoms with Gasteiger partial charge in [-0.25, -0.2) is 0 Å². The van der Waals surface area contributed by atoms with E-state index >= 15 is 0 Å². The molecular formula is C17H17OS2. The molecule has 2 aromatic rings. The van der Waals surface area contributed by atoms with Crippen molar-refractivity contribution in [2.24, 2.45) is 0 Å². The topological polar surface area (TPSA) is 9.23 Å². The van der Waals surface area contributed by atoms with Crippen LogP contribution < -0.4 is 0 Å². The first kappa shape index (κ1) is 14.1. The van der Waals surface area contributed by atoms with Gasteiger partial charge in [0.1, 0.15) is 0 Å². The van der Waals surface area contributed by atoms with Gasteiger partial charge in [-0.2, -0.15) is 0 Å². The molecule has 1 aliphatic rings. The zero-order chi connectivity index (χ0) is 13.6. The molecule has 1 fully saturated rings. The van der Waals surface area contributed by atoms with Crippen molar-refractivity contribution < 1.29 is 4.74 Å². The molecule has 20 heavy (non-hydrogen) atoms. The lowest BCUT2D eigenvalue weighted by atomic mass is 9.96. The molecule has 0 unspecified atom stereocenters.